The molecule has 1 aromatic carbocycles. The first-order valence-electron chi connectivity index (χ1n) is 9.63. The van der Waals surface area contributed by atoms with E-state index in [4.69, 9.17) is 0 Å². The molecular formula is C24H21N3O3. The minimum atomic E-state index is -0.786. The first kappa shape index (κ1) is 19.5. The van der Waals surface area contributed by atoms with Crippen molar-refractivity contribution in [2.75, 3.05) is 0 Å². The van der Waals surface area contributed by atoms with Gasteiger partial charge in [-0.25, -0.2) is 0 Å². The van der Waals surface area contributed by atoms with Crippen molar-refractivity contribution in [1.82, 2.24) is 14.9 Å². The number of pyridine rings is 2. The van der Waals surface area contributed by atoms with Gasteiger partial charge in [-0.15, -0.1) is 0 Å². The fourth-order valence-corrected chi connectivity index (χ4v) is 3.71. The van der Waals surface area contributed by atoms with E-state index in [0.29, 0.717) is 11.3 Å². The number of aliphatic hydroxyl groups is 1. The lowest BCUT2D eigenvalue weighted by Gasteiger charge is -2.24. The van der Waals surface area contributed by atoms with Crippen LogP contribution in [-0.2, 0) is 16.1 Å². The third-order valence-electron chi connectivity index (χ3n) is 5.23. The zero-order valence-corrected chi connectivity index (χ0v) is 16.7. The van der Waals surface area contributed by atoms with E-state index in [1.807, 2.05) is 38.1 Å². The Morgan fingerprint density at radius 3 is 2.60 bits per heavy atom. The molecule has 1 atom stereocenters. The Labute approximate surface area is 174 Å². The molecule has 0 radical (unpaired) electrons. The highest BCUT2D eigenvalue weighted by molar-refractivity contribution is 6.46. The summed E-state index contributed by atoms with van der Waals surface area (Å²) in [6.45, 7) is 3.95. The van der Waals surface area contributed by atoms with Crippen LogP contribution in [0.15, 0.2) is 72.7 Å². The number of aryl methyl sites for hydroxylation is 2. The number of carbonyl (C=O) groups excluding carboxylic acids is 2. The van der Waals surface area contributed by atoms with Crippen molar-refractivity contribution < 1.29 is 14.7 Å². The van der Waals surface area contributed by atoms with Gasteiger partial charge in [-0.3, -0.25) is 19.6 Å². The summed E-state index contributed by atoms with van der Waals surface area (Å²) in [6.07, 6.45) is 4.91. The SMILES string of the molecule is Cc1ccc(C)c(/C(O)=C2\C(=O)C(=O)N(Cc3cccnc3)C2c2ccccn2)c1. The Balaban J connectivity index is 1.89. The summed E-state index contributed by atoms with van der Waals surface area (Å²) in [4.78, 5) is 35.9. The van der Waals surface area contributed by atoms with Gasteiger partial charge in [0.15, 0.2) is 0 Å². The average molecular weight is 399 g/mol. The summed E-state index contributed by atoms with van der Waals surface area (Å²) in [6, 6.07) is 13.8. The summed E-state index contributed by atoms with van der Waals surface area (Å²) in [5.74, 6) is -1.56. The van der Waals surface area contributed by atoms with Crippen LogP contribution in [-0.4, -0.2) is 31.7 Å². The number of benzene rings is 1. The number of hydrogen-bond acceptors (Lipinski definition) is 5. The van der Waals surface area contributed by atoms with E-state index in [1.165, 1.54) is 4.90 Å². The van der Waals surface area contributed by atoms with Crippen molar-refractivity contribution in [3.8, 4) is 0 Å². The normalized spacial score (nSPS) is 18.1. The van der Waals surface area contributed by atoms with Crippen LogP contribution < -0.4 is 0 Å². The van der Waals surface area contributed by atoms with Gasteiger partial charge in [-0.1, -0.05) is 29.8 Å². The zero-order chi connectivity index (χ0) is 21.3. The fraction of sp³-hybridized carbons (Fsp3) is 0.167. The second-order valence-corrected chi connectivity index (χ2v) is 7.36. The smallest absolute Gasteiger partial charge is 0.296 e. The molecule has 150 valence electrons. The molecule has 4 rings (SSSR count). The predicted molar refractivity (Wildman–Crippen MR) is 112 cm³/mol. The molecule has 1 unspecified atom stereocenters. The molecule has 1 saturated heterocycles. The molecule has 1 aliphatic rings. The first-order valence-corrected chi connectivity index (χ1v) is 9.63. The Morgan fingerprint density at radius 2 is 1.90 bits per heavy atom. The highest BCUT2D eigenvalue weighted by atomic mass is 16.3. The lowest BCUT2D eigenvalue weighted by molar-refractivity contribution is -0.140. The molecule has 6 nitrogen and oxygen atoms in total. The fourth-order valence-electron chi connectivity index (χ4n) is 3.71. The summed E-state index contributed by atoms with van der Waals surface area (Å²) >= 11 is 0. The zero-order valence-electron chi connectivity index (χ0n) is 16.7. The van der Waals surface area contributed by atoms with E-state index >= 15 is 0 Å². The molecule has 3 heterocycles. The second kappa shape index (κ2) is 7.91. The lowest BCUT2D eigenvalue weighted by Crippen LogP contribution is -2.29. The van der Waals surface area contributed by atoms with Gasteiger partial charge in [0.1, 0.15) is 11.8 Å². The van der Waals surface area contributed by atoms with Gasteiger partial charge in [0.05, 0.1) is 11.3 Å². The summed E-state index contributed by atoms with van der Waals surface area (Å²) in [5.41, 5.74) is 3.66. The number of nitrogens with zero attached hydrogens (tertiary/aromatic N) is 3. The number of aliphatic hydroxyl groups excluding tert-OH is 1. The van der Waals surface area contributed by atoms with Gasteiger partial charge >= 0.3 is 0 Å². The quantitative estimate of drug-likeness (QED) is 0.411. The highest BCUT2D eigenvalue weighted by Crippen LogP contribution is 2.39. The van der Waals surface area contributed by atoms with Crippen LogP contribution in [0.2, 0.25) is 0 Å². The van der Waals surface area contributed by atoms with E-state index in [-0.39, 0.29) is 17.9 Å². The molecule has 1 N–H and O–H groups in total. The maximum atomic E-state index is 13.0. The van der Waals surface area contributed by atoms with Gasteiger partial charge in [0.25, 0.3) is 11.7 Å². The Kier molecular flexibility index (Phi) is 5.14. The van der Waals surface area contributed by atoms with E-state index < -0.39 is 17.7 Å². The number of hydrogen-bond donors (Lipinski definition) is 1. The third-order valence-corrected chi connectivity index (χ3v) is 5.23. The maximum Gasteiger partial charge on any atom is 0.296 e. The van der Waals surface area contributed by atoms with Crippen molar-refractivity contribution in [2.45, 2.75) is 26.4 Å². The largest absolute Gasteiger partial charge is 0.507 e. The van der Waals surface area contributed by atoms with Crippen LogP contribution in [0.1, 0.15) is 34.0 Å². The minimum Gasteiger partial charge on any atom is -0.507 e. The van der Waals surface area contributed by atoms with Crippen molar-refractivity contribution in [3.05, 3.63) is 101 Å². The standard InChI is InChI=1S/C24H21N3O3/c1-15-8-9-16(2)18(12-15)22(28)20-21(19-7-3-4-11-26-19)27(24(30)23(20)29)14-17-6-5-10-25-13-17/h3-13,21,28H,14H2,1-2H3/b22-20+. The van der Waals surface area contributed by atoms with Crippen LogP contribution in [0.25, 0.3) is 5.76 Å². The summed E-state index contributed by atoms with van der Waals surface area (Å²) in [7, 11) is 0. The van der Waals surface area contributed by atoms with Crippen LogP contribution in [0, 0.1) is 13.8 Å². The van der Waals surface area contributed by atoms with Gasteiger partial charge in [0.2, 0.25) is 0 Å². The molecule has 0 spiro atoms. The maximum absolute atomic E-state index is 13.0. The molecular weight excluding hydrogens is 378 g/mol. The number of aromatic nitrogens is 2. The van der Waals surface area contributed by atoms with Crippen LogP contribution in [0.4, 0.5) is 0 Å². The minimum absolute atomic E-state index is 0.0521. The Morgan fingerprint density at radius 1 is 1.07 bits per heavy atom. The van der Waals surface area contributed by atoms with Gasteiger partial charge in [0, 0.05) is 30.7 Å². The molecule has 6 heteroatoms. The van der Waals surface area contributed by atoms with E-state index in [1.54, 1.807) is 42.9 Å². The highest BCUT2D eigenvalue weighted by Gasteiger charge is 2.46. The summed E-state index contributed by atoms with van der Waals surface area (Å²) in [5, 5.41) is 11.2. The number of Topliss-reactive ketones (excluding diaryl/α,β-unsaturated/α-hetero) is 1. The third kappa shape index (κ3) is 3.48. The monoisotopic (exact) mass is 399 g/mol. The van der Waals surface area contributed by atoms with Crippen LogP contribution >= 0.6 is 0 Å². The molecule has 0 aliphatic carbocycles. The molecule has 0 bridgehead atoms. The number of likely N-dealkylation sites (tertiary alicyclic amines) is 1. The molecule has 30 heavy (non-hydrogen) atoms. The van der Waals surface area contributed by atoms with E-state index in [9.17, 15) is 14.7 Å². The van der Waals surface area contributed by atoms with Crippen molar-refractivity contribution in [1.29, 1.82) is 0 Å². The molecule has 0 saturated carbocycles. The number of carbonyl (C=O) groups is 2. The van der Waals surface area contributed by atoms with Crippen LogP contribution in [0.5, 0.6) is 0 Å². The first-order chi connectivity index (χ1) is 14.5. The lowest BCUT2D eigenvalue weighted by atomic mass is 9.95. The van der Waals surface area contributed by atoms with Crippen molar-refractivity contribution in [2.24, 2.45) is 0 Å². The molecule has 2 aromatic heterocycles. The molecule has 1 aliphatic heterocycles. The Bertz CT molecular complexity index is 1140. The molecule has 1 fully saturated rings. The van der Waals surface area contributed by atoms with Crippen LogP contribution in [0.3, 0.4) is 0 Å². The number of amides is 1. The second-order valence-electron chi connectivity index (χ2n) is 7.36. The number of ketones is 1. The van der Waals surface area contributed by atoms with E-state index in [0.717, 1.165) is 16.7 Å². The van der Waals surface area contributed by atoms with Crippen molar-refractivity contribution in [3.63, 3.8) is 0 Å². The summed E-state index contributed by atoms with van der Waals surface area (Å²) < 4.78 is 0. The van der Waals surface area contributed by atoms with Crippen molar-refractivity contribution >= 4 is 17.4 Å². The molecule has 1 amide bonds. The predicted octanol–water partition coefficient (Wildman–Crippen LogP) is 3.72. The number of rotatable bonds is 4. The van der Waals surface area contributed by atoms with E-state index in [2.05, 4.69) is 9.97 Å². The van der Waals surface area contributed by atoms with Gasteiger partial charge < -0.3 is 10.0 Å². The van der Waals surface area contributed by atoms with Gasteiger partial charge in [-0.05, 0) is 49.2 Å². The topological polar surface area (TPSA) is 83.4 Å². The average Bonchev–Trinajstić information content (AvgIpc) is 3.01. The molecule has 3 aromatic rings. The Hall–Kier alpha value is -3.80. The van der Waals surface area contributed by atoms with Gasteiger partial charge in [-0.2, -0.15) is 0 Å².